The van der Waals surface area contributed by atoms with Gasteiger partial charge < -0.3 is 15.0 Å². The first-order chi connectivity index (χ1) is 7.84. The van der Waals surface area contributed by atoms with E-state index in [1.807, 2.05) is 0 Å². The van der Waals surface area contributed by atoms with Crippen LogP contribution in [0.1, 0.15) is 38.5 Å². The van der Waals surface area contributed by atoms with Crippen molar-refractivity contribution in [3.05, 3.63) is 0 Å². The first-order valence-electron chi connectivity index (χ1n) is 6.88. The van der Waals surface area contributed by atoms with E-state index < -0.39 is 0 Å². The van der Waals surface area contributed by atoms with Gasteiger partial charge in [0.1, 0.15) is 0 Å². The molecular formula is C13H26N2O. The molecule has 0 aliphatic carbocycles. The molecule has 0 spiro atoms. The molecule has 2 aliphatic heterocycles. The molecule has 16 heavy (non-hydrogen) atoms. The molecule has 2 heterocycles. The summed E-state index contributed by atoms with van der Waals surface area (Å²) in [5.41, 5.74) is 0. The third-order valence-corrected chi connectivity index (χ3v) is 3.81. The number of likely N-dealkylation sites (N-methyl/N-ethyl adjacent to an activating group) is 1. The van der Waals surface area contributed by atoms with Gasteiger partial charge in [0.15, 0.2) is 0 Å². The van der Waals surface area contributed by atoms with E-state index in [-0.39, 0.29) is 0 Å². The lowest BCUT2D eigenvalue weighted by Gasteiger charge is -2.26. The Balaban J connectivity index is 1.57. The fourth-order valence-electron chi connectivity index (χ4n) is 2.77. The standard InChI is InChI=1S/C13H26N2O/c1-15(11-13-6-4-10-16-13)9-7-12-5-2-3-8-14-12/h12-14H,2-11H2,1H3. The van der Waals surface area contributed by atoms with Crippen LogP contribution in [0.2, 0.25) is 0 Å². The molecule has 0 radical (unpaired) electrons. The lowest BCUT2D eigenvalue weighted by atomic mass is 10.0. The predicted molar refractivity (Wildman–Crippen MR) is 66.7 cm³/mol. The summed E-state index contributed by atoms with van der Waals surface area (Å²) in [4.78, 5) is 2.44. The number of hydrogen-bond acceptors (Lipinski definition) is 3. The Kier molecular flexibility index (Phi) is 5.07. The highest BCUT2D eigenvalue weighted by atomic mass is 16.5. The fourth-order valence-corrected chi connectivity index (χ4v) is 2.77. The maximum Gasteiger partial charge on any atom is 0.0702 e. The molecule has 2 rings (SSSR count). The van der Waals surface area contributed by atoms with Crippen molar-refractivity contribution in [3.63, 3.8) is 0 Å². The van der Waals surface area contributed by atoms with E-state index in [0.717, 1.165) is 19.2 Å². The van der Waals surface area contributed by atoms with Gasteiger partial charge in [-0.25, -0.2) is 0 Å². The van der Waals surface area contributed by atoms with E-state index in [9.17, 15) is 0 Å². The quantitative estimate of drug-likeness (QED) is 0.771. The molecule has 2 atom stereocenters. The maximum atomic E-state index is 5.66. The minimum absolute atomic E-state index is 0.504. The molecular weight excluding hydrogens is 200 g/mol. The van der Waals surface area contributed by atoms with E-state index in [1.165, 1.54) is 51.6 Å². The van der Waals surface area contributed by atoms with Crippen LogP contribution in [0.5, 0.6) is 0 Å². The molecule has 1 N–H and O–H groups in total. The highest BCUT2D eigenvalue weighted by Crippen LogP contribution is 2.14. The van der Waals surface area contributed by atoms with E-state index in [0.29, 0.717) is 6.10 Å². The second-order valence-electron chi connectivity index (χ2n) is 5.33. The zero-order valence-corrected chi connectivity index (χ0v) is 10.6. The van der Waals surface area contributed by atoms with Crippen molar-refractivity contribution in [1.82, 2.24) is 10.2 Å². The van der Waals surface area contributed by atoms with Crippen molar-refractivity contribution >= 4 is 0 Å². The van der Waals surface area contributed by atoms with Gasteiger partial charge in [0.25, 0.3) is 0 Å². The third-order valence-electron chi connectivity index (χ3n) is 3.81. The molecule has 3 heteroatoms. The van der Waals surface area contributed by atoms with Crippen molar-refractivity contribution in [2.24, 2.45) is 0 Å². The number of piperidine rings is 1. The highest BCUT2D eigenvalue weighted by Gasteiger charge is 2.18. The number of nitrogens with zero attached hydrogens (tertiary/aromatic N) is 1. The third kappa shape index (κ3) is 4.04. The Labute approximate surface area is 99.5 Å². The second-order valence-corrected chi connectivity index (χ2v) is 5.33. The molecule has 2 saturated heterocycles. The number of hydrogen-bond donors (Lipinski definition) is 1. The van der Waals surface area contributed by atoms with Gasteiger partial charge >= 0.3 is 0 Å². The number of rotatable bonds is 5. The number of ether oxygens (including phenoxy) is 1. The van der Waals surface area contributed by atoms with Gasteiger partial charge in [0, 0.05) is 19.2 Å². The number of nitrogens with one attached hydrogen (secondary N) is 1. The Hall–Kier alpha value is -0.120. The van der Waals surface area contributed by atoms with E-state index >= 15 is 0 Å². The summed E-state index contributed by atoms with van der Waals surface area (Å²) >= 11 is 0. The molecule has 0 amide bonds. The molecule has 0 saturated carbocycles. The predicted octanol–water partition coefficient (Wildman–Crippen LogP) is 1.63. The van der Waals surface area contributed by atoms with Gasteiger partial charge in [-0.2, -0.15) is 0 Å². The smallest absolute Gasteiger partial charge is 0.0702 e. The van der Waals surface area contributed by atoms with Crippen molar-refractivity contribution < 1.29 is 4.74 Å². The average Bonchev–Trinajstić information content (AvgIpc) is 2.81. The Morgan fingerprint density at radius 2 is 2.19 bits per heavy atom. The zero-order chi connectivity index (χ0) is 11.2. The zero-order valence-electron chi connectivity index (χ0n) is 10.6. The van der Waals surface area contributed by atoms with Crippen LogP contribution < -0.4 is 5.32 Å². The lowest BCUT2D eigenvalue weighted by molar-refractivity contribution is 0.0798. The summed E-state index contributed by atoms with van der Waals surface area (Å²) in [6, 6.07) is 0.765. The molecule has 2 aliphatic rings. The molecule has 0 bridgehead atoms. The first kappa shape index (κ1) is 12.3. The van der Waals surface area contributed by atoms with Gasteiger partial charge in [-0.05, 0) is 52.2 Å². The maximum absolute atomic E-state index is 5.66. The van der Waals surface area contributed by atoms with Gasteiger partial charge in [-0.1, -0.05) is 6.42 Å². The average molecular weight is 226 g/mol. The highest BCUT2D eigenvalue weighted by molar-refractivity contribution is 4.74. The topological polar surface area (TPSA) is 24.5 Å². The monoisotopic (exact) mass is 226 g/mol. The Morgan fingerprint density at radius 3 is 2.88 bits per heavy atom. The van der Waals surface area contributed by atoms with Crippen molar-refractivity contribution in [2.45, 2.75) is 50.7 Å². The minimum Gasteiger partial charge on any atom is -0.377 e. The van der Waals surface area contributed by atoms with Gasteiger partial charge in [0.2, 0.25) is 0 Å². The second kappa shape index (κ2) is 6.58. The van der Waals surface area contributed by atoms with E-state index in [2.05, 4.69) is 17.3 Å². The van der Waals surface area contributed by atoms with E-state index in [4.69, 9.17) is 4.74 Å². The summed E-state index contributed by atoms with van der Waals surface area (Å²) in [6.45, 7) is 4.52. The van der Waals surface area contributed by atoms with Gasteiger partial charge in [0.05, 0.1) is 6.10 Å². The molecule has 94 valence electrons. The normalized spacial score (nSPS) is 31.1. The molecule has 0 aromatic rings. The summed E-state index contributed by atoms with van der Waals surface area (Å²) in [7, 11) is 2.23. The van der Waals surface area contributed by atoms with E-state index in [1.54, 1.807) is 0 Å². The van der Waals surface area contributed by atoms with Crippen LogP contribution in [0.15, 0.2) is 0 Å². The van der Waals surface area contributed by atoms with Crippen LogP contribution in [0.25, 0.3) is 0 Å². The van der Waals surface area contributed by atoms with Crippen LogP contribution in [-0.4, -0.2) is 50.3 Å². The van der Waals surface area contributed by atoms with Crippen LogP contribution in [0.3, 0.4) is 0 Å². The summed E-state index contributed by atoms with van der Waals surface area (Å²) in [5.74, 6) is 0. The lowest BCUT2D eigenvalue weighted by Crippen LogP contribution is -2.38. The minimum atomic E-state index is 0.504. The van der Waals surface area contributed by atoms with Crippen LogP contribution in [0.4, 0.5) is 0 Å². The Morgan fingerprint density at radius 1 is 1.25 bits per heavy atom. The SMILES string of the molecule is CN(CCC1CCCCN1)CC1CCCO1. The van der Waals surface area contributed by atoms with Crippen LogP contribution in [-0.2, 0) is 4.74 Å². The molecule has 2 unspecified atom stereocenters. The molecule has 0 aromatic heterocycles. The largest absolute Gasteiger partial charge is 0.377 e. The van der Waals surface area contributed by atoms with Crippen LogP contribution >= 0.6 is 0 Å². The fraction of sp³-hybridized carbons (Fsp3) is 1.00. The van der Waals surface area contributed by atoms with Crippen molar-refractivity contribution in [2.75, 3.05) is 33.3 Å². The summed E-state index contributed by atoms with van der Waals surface area (Å²) < 4.78 is 5.66. The van der Waals surface area contributed by atoms with Crippen molar-refractivity contribution in [3.8, 4) is 0 Å². The Bertz CT molecular complexity index is 186. The molecule has 2 fully saturated rings. The van der Waals surface area contributed by atoms with Gasteiger partial charge in [-0.15, -0.1) is 0 Å². The molecule has 3 nitrogen and oxygen atoms in total. The first-order valence-corrected chi connectivity index (χ1v) is 6.88. The summed E-state index contributed by atoms with van der Waals surface area (Å²) in [6.07, 6.45) is 8.45. The van der Waals surface area contributed by atoms with Gasteiger partial charge in [-0.3, -0.25) is 0 Å². The van der Waals surface area contributed by atoms with Crippen molar-refractivity contribution in [1.29, 1.82) is 0 Å². The summed E-state index contributed by atoms with van der Waals surface area (Å²) in [5, 5.41) is 3.61. The van der Waals surface area contributed by atoms with Crippen LogP contribution in [0, 0.1) is 0 Å². The molecule has 0 aromatic carbocycles.